The zero-order valence-corrected chi connectivity index (χ0v) is 11.6. The van der Waals surface area contributed by atoms with Gasteiger partial charge in [0.1, 0.15) is 10.8 Å². The minimum absolute atomic E-state index is 0.422. The fourth-order valence-corrected chi connectivity index (χ4v) is 1.61. The molecule has 1 heterocycles. The molecule has 3 nitrogen and oxygen atoms in total. The highest BCUT2D eigenvalue weighted by Crippen LogP contribution is 2.28. The molecule has 0 N–H and O–H groups in total. The molecular formula is C10H14BrClN2O. The lowest BCUT2D eigenvalue weighted by molar-refractivity contribution is -0.0209. The molecule has 0 saturated heterocycles. The maximum atomic E-state index is 5.97. The molecule has 5 heteroatoms. The van der Waals surface area contributed by atoms with E-state index in [0.29, 0.717) is 17.6 Å². The minimum Gasteiger partial charge on any atom is -0.368 e. The predicted octanol–water partition coefficient (Wildman–Crippen LogP) is 3.47. The van der Waals surface area contributed by atoms with E-state index < -0.39 is 5.60 Å². The minimum atomic E-state index is -0.510. The highest BCUT2D eigenvalue weighted by atomic mass is 79.9. The summed E-state index contributed by atoms with van der Waals surface area (Å²) in [5, 5.41) is 0.422. The molecule has 1 rings (SSSR count). The lowest BCUT2D eigenvalue weighted by atomic mass is 10.1. The predicted molar refractivity (Wildman–Crippen MR) is 64.1 cm³/mol. The van der Waals surface area contributed by atoms with Crippen molar-refractivity contribution in [1.82, 2.24) is 9.97 Å². The number of aryl methyl sites for hydroxylation is 1. The molecule has 0 radical (unpaired) electrons. The molecule has 0 saturated carbocycles. The van der Waals surface area contributed by atoms with Gasteiger partial charge in [0.15, 0.2) is 5.82 Å². The van der Waals surface area contributed by atoms with Gasteiger partial charge in [0.25, 0.3) is 0 Å². The lowest BCUT2D eigenvalue weighted by Gasteiger charge is -2.23. The van der Waals surface area contributed by atoms with E-state index >= 15 is 0 Å². The molecule has 0 bridgehead atoms. The Morgan fingerprint density at radius 1 is 1.40 bits per heavy atom. The molecule has 0 spiro atoms. The van der Waals surface area contributed by atoms with Gasteiger partial charge in [-0.1, -0.05) is 11.6 Å². The van der Waals surface area contributed by atoms with Crippen molar-refractivity contribution in [2.45, 2.75) is 33.3 Å². The van der Waals surface area contributed by atoms with E-state index in [2.05, 4.69) is 25.9 Å². The molecule has 1 aromatic rings. The summed E-state index contributed by atoms with van der Waals surface area (Å²) in [5.74, 6) is 0.607. The third-order valence-electron chi connectivity index (χ3n) is 2.02. The van der Waals surface area contributed by atoms with Crippen LogP contribution in [0.3, 0.4) is 0 Å². The van der Waals surface area contributed by atoms with Gasteiger partial charge in [-0.05, 0) is 43.6 Å². The normalized spacial score (nSPS) is 11.9. The van der Waals surface area contributed by atoms with Crippen molar-refractivity contribution in [1.29, 1.82) is 0 Å². The Kier molecular flexibility index (Phi) is 4.09. The topological polar surface area (TPSA) is 35.0 Å². The van der Waals surface area contributed by atoms with Crippen LogP contribution < -0.4 is 0 Å². The van der Waals surface area contributed by atoms with Gasteiger partial charge >= 0.3 is 0 Å². The van der Waals surface area contributed by atoms with Crippen molar-refractivity contribution in [3.8, 4) is 0 Å². The Bertz CT molecular complexity index is 345. The molecule has 0 fully saturated rings. The number of aromatic nitrogens is 2. The molecule has 0 atom stereocenters. The molecule has 84 valence electrons. The summed E-state index contributed by atoms with van der Waals surface area (Å²) in [7, 11) is 0. The van der Waals surface area contributed by atoms with Gasteiger partial charge in [-0.25, -0.2) is 9.97 Å². The highest BCUT2D eigenvalue weighted by Gasteiger charge is 2.25. The monoisotopic (exact) mass is 292 g/mol. The molecular weight excluding hydrogens is 279 g/mol. The van der Waals surface area contributed by atoms with Crippen LogP contribution in [0, 0.1) is 6.92 Å². The van der Waals surface area contributed by atoms with Crippen LogP contribution in [0.4, 0.5) is 0 Å². The lowest BCUT2D eigenvalue weighted by Crippen LogP contribution is -2.25. The van der Waals surface area contributed by atoms with Crippen molar-refractivity contribution < 1.29 is 4.74 Å². The van der Waals surface area contributed by atoms with Gasteiger partial charge in [0.05, 0.1) is 10.2 Å². The van der Waals surface area contributed by atoms with Gasteiger partial charge in [0, 0.05) is 6.61 Å². The average Bonchev–Trinajstić information content (AvgIpc) is 2.13. The van der Waals surface area contributed by atoms with E-state index in [1.165, 1.54) is 0 Å². The molecule has 0 aliphatic rings. The maximum absolute atomic E-state index is 5.97. The number of rotatable bonds is 3. The smallest absolute Gasteiger partial charge is 0.161 e. The van der Waals surface area contributed by atoms with Crippen molar-refractivity contribution in [3.63, 3.8) is 0 Å². The van der Waals surface area contributed by atoms with E-state index in [-0.39, 0.29) is 0 Å². The molecule has 0 aliphatic carbocycles. The van der Waals surface area contributed by atoms with Crippen LogP contribution in [-0.4, -0.2) is 16.6 Å². The summed E-state index contributed by atoms with van der Waals surface area (Å²) in [6.45, 7) is 8.28. The van der Waals surface area contributed by atoms with Crippen molar-refractivity contribution in [2.24, 2.45) is 0 Å². The standard InChI is InChI=1S/C10H14BrClN2O/c1-5-15-10(3,4)9-13-6(2)7(11)8(12)14-9/h5H2,1-4H3. The fraction of sp³-hybridized carbons (Fsp3) is 0.600. The van der Waals surface area contributed by atoms with Gasteiger partial charge in [-0.2, -0.15) is 0 Å². The molecule has 0 aliphatic heterocycles. The molecule has 0 amide bonds. The second-order valence-electron chi connectivity index (χ2n) is 3.68. The summed E-state index contributed by atoms with van der Waals surface area (Å²) in [6, 6.07) is 0. The van der Waals surface area contributed by atoms with Crippen LogP contribution in [0.5, 0.6) is 0 Å². The van der Waals surface area contributed by atoms with Crippen molar-refractivity contribution in [3.05, 3.63) is 21.1 Å². The Balaban J connectivity index is 3.16. The maximum Gasteiger partial charge on any atom is 0.161 e. The van der Waals surface area contributed by atoms with Crippen LogP contribution in [0.25, 0.3) is 0 Å². The van der Waals surface area contributed by atoms with Crippen LogP contribution in [-0.2, 0) is 10.3 Å². The van der Waals surface area contributed by atoms with Crippen LogP contribution >= 0.6 is 27.5 Å². The molecule has 0 aromatic carbocycles. The summed E-state index contributed by atoms with van der Waals surface area (Å²) in [4.78, 5) is 8.56. The highest BCUT2D eigenvalue weighted by molar-refractivity contribution is 9.10. The first kappa shape index (κ1) is 12.9. The molecule has 15 heavy (non-hydrogen) atoms. The van der Waals surface area contributed by atoms with Crippen LogP contribution in [0.1, 0.15) is 32.3 Å². The Morgan fingerprint density at radius 3 is 2.47 bits per heavy atom. The summed E-state index contributed by atoms with van der Waals surface area (Å²) in [6.07, 6.45) is 0. The molecule has 0 unspecified atom stereocenters. The third-order valence-corrected chi connectivity index (χ3v) is 3.47. The van der Waals surface area contributed by atoms with E-state index in [0.717, 1.165) is 10.2 Å². The SMILES string of the molecule is CCOC(C)(C)c1nc(C)c(Br)c(Cl)n1. The van der Waals surface area contributed by atoms with Crippen molar-refractivity contribution >= 4 is 27.5 Å². The number of halogens is 2. The number of hydrogen-bond acceptors (Lipinski definition) is 3. The van der Waals surface area contributed by atoms with Gasteiger partial charge in [0.2, 0.25) is 0 Å². The largest absolute Gasteiger partial charge is 0.368 e. The first-order chi connectivity index (χ1) is 6.88. The first-order valence-corrected chi connectivity index (χ1v) is 5.89. The molecule has 1 aromatic heterocycles. The van der Waals surface area contributed by atoms with E-state index in [1.54, 1.807) is 0 Å². The van der Waals surface area contributed by atoms with Gasteiger partial charge in [-0.3, -0.25) is 0 Å². The Labute approximate surface area is 103 Å². The quantitative estimate of drug-likeness (QED) is 0.800. The fourth-order valence-electron chi connectivity index (χ4n) is 1.22. The van der Waals surface area contributed by atoms with E-state index in [1.807, 2.05) is 27.7 Å². The number of hydrogen-bond donors (Lipinski definition) is 0. The van der Waals surface area contributed by atoms with Crippen LogP contribution in [0.2, 0.25) is 5.15 Å². The van der Waals surface area contributed by atoms with E-state index in [4.69, 9.17) is 16.3 Å². The third kappa shape index (κ3) is 2.89. The summed E-state index contributed by atoms with van der Waals surface area (Å²) < 4.78 is 6.30. The second kappa shape index (κ2) is 4.76. The summed E-state index contributed by atoms with van der Waals surface area (Å²) in [5.41, 5.74) is 0.307. The Morgan fingerprint density at radius 2 is 2.00 bits per heavy atom. The van der Waals surface area contributed by atoms with Crippen LogP contribution in [0.15, 0.2) is 4.47 Å². The van der Waals surface area contributed by atoms with Gasteiger partial charge in [-0.15, -0.1) is 0 Å². The van der Waals surface area contributed by atoms with Gasteiger partial charge < -0.3 is 4.74 Å². The number of nitrogens with zero attached hydrogens (tertiary/aromatic N) is 2. The van der Waals surface area contributed by atoms with Crippen molar-refractivity contribution in [2.75, 3.05) is 6.61 Å². The number of ether oxygens (including phenoxy) is 1. The van der Waals surface area contributed by atoms with E-state index in [9.17, 15) is 0 Å². The average molecular weight is 294 g/mol. The second-order valence-corrected chi connectivity index (χ2v) is 4.83. The first-order valence-electron chi connectivity index (χ1n) is 4.72. The Hall–Kier alpha value is -0.190. The zero-order valence-electron chi connectivity index (χ0n) is 9.27. The zero-order chi connectivity index (χ0) is 11.6. The summed E-state index contributed by atoms with van der Waals surface area (Å²) >= 11 is 9.29.